The van der Waals surface area contributed by atoms with E-state index in [2.05, 4.69) is 20.6 Å². The van der Waals surface area contributed by atoms with Gasteiger partial charge in [-0.25, -0.2) is 4.98 Å². The maximum Gasteiger partial charge on any atom is 0.416 e. The fourth-order valence-electron chi connectivity index (χ4n) is 3.05. The lowest BCUT2D eigenvalue weighted by Crippen LogP contribution is -2.23. The van der Waals surface area contributed by atoms with Gasteiger partial charge < -0.3 is 10.6 Å². The van der Waals surface area contributed by atoms with Gasteiger partial charge in [0.2, 0.25) is 5.95 Å². The summed E-state index contributed by atoms with van der Waals surface area (Å²) in [6.07, 6.45) is 1.46. The SMILES string of the molecule is Cc1cc(Nc2cccc(C(F)(F)F)c2)nc(NC2CCCCC2)n1. The zero-order chi connectivity index (χ0) is 17.9. The summed E-state index contributed by atoms with van der Waals surface area (Å²) in [4.78, 5) is 8.78. The van der Waals surface area contributed by atoms with Gasteiger partial charge in [0, 0.05) is 23.5 Å². The molecule has 0 spiro atoms. The van der Waals surface area contributed by atoms with Crippen LogP contribution in [-0.2, 0) is 6.18 Å². The molecule has 0 bridgehead atoms. The van der Waals surface area contributed by atoms with Gasteiger partial charge in [0.05, 0.1) is 5.56 Å². The standard InChI is InChI=1S/C18H21F3N4/c1-12-10-16(23-15-9-5-6-13(11-15)18(19,20)21)25-17(22-12)24-14-7-3-2-4-8-14/h5-6,9-11,14H,2-4,7-8H2,1H3,(H2,22,23,24,25). The van der Waals surface area contributed by atoms with E-state index in [1.165, 1.54) is 25.3 Å². The van der Waals surface area contributed by atoms with E-state index in [0.29, 0.717) is 23.5 Å². The van der Waals surface area contributed by atoms with Crippen molar-refractivity contribution in [1.29, 1.82) is 0 Å². The van der Waals surface area contributed by atoms with Crippen molar-refractivity contribution < 1.29 is 13.2 Å². The zero-order valence-corrected chi connectivity index (χ0v) is 14.0. The molecule has 134 valence electrons. The van der Waals surface area contributed by atoms with Crippen molar-refractivity contribution >= 4 is 17.5 Å². The van der Waals surface area contributed by atoms with Crippen LogP contribution in [0.2, 0.25) is 0 Å². The number of nitrogens with one attached hydrogen (secondary N) is 2. The molecule has 0 unspecified atom stereocenters. The van der Waals surface area contributed by atoms with E-state index >= 15 is 0 Å². The highest BCUT2D eigenvalue weighted by Crippen LogP contribution is 2.31. The third-order valence-electron chi connectivity index (χ3n) is 4.25. The molecule has 2 aromatic rings. The van der Waals surface area contributed by atoms with Crippen molar-refractivity contribution in [2.45, 2.75) is 51.2 Å². The number of hydrogen-bond donors (Lipinski definition) is 2. The minimum atomic E-state index is -4.37. The van der Waals surface area contributed by atoms with Crippen molar-refractivity contribution in [2.24, 2.45) is 0 Å². The van der Waals surface area contributed by atoms with Crippen molar-refractivity contribution in [3.05, 3.63) is 41.6 Å². The van der Waals surface area contributed by atoms with Crippen LogP contribution in [0.25, 0.3) is 0 Å². The number of halogens is 3. The number of alkyl halides is 3. The van der Waals surface area contributed by atoms with Crippen LogP contribution in [0.1, 0.15) is 43.4 Å². The summed E-state index contributed by atoms with van der Waals surface area (Å²) >= 11 is 0. The van der Waals surface area contributed by atoms with Gasteiger partial charge in [0.15, 0.2) is 0 Å². The van der Waals surface area contributed by atoms with E-state index in [1.54, 1.807) is 12.1 Å². The largest absolute Gasteiger partial charge is 0.416 e. The van der Waals surface area contributed by atoms with Gasteiger partial charge >= 0.3 is 6.18 Å². The topological polar surface area (TPSA) is 49.8 Å². The Labute approximate surface area is 144 Å². The van der Waals surface area contributed by atoms with Gasteiger partial charge in [-0.1, -0.05) is 25.3 Å². The molecule has 1 heterocycles. The molecule has 1 aliphatic carbocycles. The van der Waals surface area contributed by atoms with E-state index < -0.39 is 11.7 Å². The van der Waals surface area contributed by atoms with Gasteiger partial charge in [-0.3, -0.25) is 0 Å². The molecular weight excluding hydrogens is 329 g/mol. The van der Waals surface area contributed by atoms with E-state index in [4.69, 9.17) is 0 Å². The first-order chi connectivity index (χ1) is 11.9. The average molecular weight is 350 g/mol. The number of aryl methyl sites for hydroxylation is 1. The summed E-state index contributed by atoms with van der Waals surface area (Å²) < 4.78 is 38.5. The molecule has 2 N–H and O–H groups in total. The Morgan fingerprint density at radius 3 is 2.52 bits per heavy atom. The lowest BCUT2D eigenvalue weighted by Gasteiger charge is -2.23. The number of aromatic nitrogens is 2. The molecule has 0 aliphatic heterocycles. The van der Waals surface area contributed by atoms with Crippen molar-refractivity contribution in [2.75, 3.05) is 10.6 Å². The summed E-state index contributed by atoms with van der Waals surface area (Å²) in [5, 5.41) is 6.29. The fraction of sp³-hybridized carbons (Fsp3) is 0.444. The second kappa shape index (κ2) is 7.29. The quantitative estimate of drug-likeness (QED) is 0.786. The number of hydrogen-bond acceptors (Lipinski definition) is 4. The molecule has 25 heavy (non-hydrogen) atoms. The molecular formula is C18H21F3N4. The normalized spacial score (nSPS) is 15.8. The highest BCUT2D eigenvalue weighted by Gasteiger charge is 2.30. The lowest BCUT2D eigenvalue weighted by atomic mass is 9.96. The minimum absolute atomic E-state index is 0.344. The van der Waals surface area contributed by atoms with Crippen LogP contribution in [0.3, 0.4) is 0 Å². The molecule has 1 aromatic heterocycles. The van der Waals surface area contributed by atoms with Crippen molar-refractivity contribution in [3.8, 4) is 0 Å². The summed E-state index contributed by atoms with van der Waals surface area (Å²) in [5.74, 6) is 0.992. The molecule has 0 radical (unpaired) electrons. The van der Waals surface area contributed by atoms with Gasteiger partial charge in [0.25, 0.3) is 0 Å². The highest BCUT2D eigenvalue weighted by atomic mass is 19.4. The Kier molecular flexibility index (Phi) is 5.11. The predicted molar refractivity (Wildman–Crippen MR) is 92.0 cm³/mol. The fourth-order valence-corrected chi connectivity index (χ4v) is 3.05. The number of rotatable bonds is 4. The molecule has 1 fully saturated rings. The lowest BCUT2D eigenvalue weighted by molar-refractivity contribution is -0.137. The first kappa shape index (κ1) is 17.5. The van der Waals surface area contributed by atoms with Crippen molar-refractivity contribution in [3.63, 3.8) is 0 Å². The first-order valence-electron chi connectivity index (χ1n) is 8.47. The summed E-state index contributed by atoms with van der Waals surface area (Å²) in [6.45, 7) is 1.84. The molecule has 1 aliphatic rings. The third kappa shape index (κ3) is 4.84. The molecule has 4 nitrogen and oxygen atoms in total. The van der Waals surface area contributed by atoms with E-state index in [9.17, 15) is 13.2 Å². The maximum atomic E-state index is 12.8. The second-order valence-corrected chi connectivity index (χ2v) is 6.40. The minimum Gasteiger partial charge on any atom is -0.351 e. The average Bonchev–Trinajstić information content (AvgIpc) is 2.54. The van der Waals surface area contributed by atoms with Crippen LogP contribution in [0, 0.1) is 6.92 Å². The summed E-state index contributed by atoms with van der Waals surface area (Å²) in [5.41, 5.74) is 0.406. The molecule has 0 saturated heterocycles. The summed E-state index contributed by atoms with van der Waals surface area (Å²) in [6, 6.07) is 7.16. The Balaban J connectivity index is 1.76. The van der Waals surface area contributed by atoms with Crippen LogP contribution in [0.15, 0.2) is 30.3 Å². The van der Waals surface area contributed by atoms with Gasteiger partial charge in [0.1, 0.15) is 5.82 Å². The maximum absolute atomic E-state index is 12.8. The van der Waals surface area contributed by atoms with Crippen LogP contribution in [0.5, 0.6) is 0 Å². The Bertz CT molecular complexity index is 725. The molecule has 1 aromatic carbocycles. The Morgan fingerprint density at radius 1 is 1.04 bits per heavy atom. The van der Waals surface area contributed by atoms with E-state index in [-0.39, 0.29) is 0 Å². The van der Waals surface area contributed by atoms with Crippen LogP contribution in [-0.4, -0.2) is 16.0 Å². The Morgan fingerprint density at radius 2 is 1.80 bits per heavy atom. The van der Waals surface area contributed by atoms with Crippen molar-refractivity contribution in [1.82, 2.24) is 9.97 Å². The van der Waals surface area contributed by atoms with Crippen LogP contribution < -0.4 is 10.6 Å². The number of anilines is 3. The van der Waals surface area contributed by atoms with E-state index in [0.717, 1.165) is 30.7 Å². The summed E-state index contributed by atoms with van der Waals surface area (Å²) in [7, 11) is 0. The number of nitrogens with zero attached hydrogens (tertiary/aromatic N) is 2. The first-order valence-corrected chi connectivity index (χ1v) is 8.47. The highest BCUT2D eigenvalue weighted by molar-refractivity contribution is 5.58. The molecule has 0 amide bonds. The third-order valence-corrected chi connectivity index (χ3v) is 4.25. The predicted octanol–water partition coefficient (Wildman–Crippen LogP) is 5.29. The second-order valence-electron chi connectivity index (χ2n) is 6.40. The zero-order valence-electron chi connectivity index (χ0n) is 14.0. The smallest absolute Gasteiger partial charge is 0.351 e. The number of benzene rings is 1. The van der Waals surface area contributed by atoms with E-state index in [1.807, 2.05) is 6.92 Å². The van der Waals surface area contributed by atoms with Gasteiger partial charge in [-0.2, -0.15) is 18.2 Å². The van der Waals surface area contributed by atoms with Gasteiger partial charge in [-0.05, 0) is 38.0 Å². The molecule has 3 rings (SSSR count). The van der Waals surface area contributed by atoms with Crippen LogP contribution in [0.4, 0.5) is 30.6 Å². The molecule has 0 atom stereocenters. The molecule has 7 heteroatoms. The van der Waals surface area contributed by atoms with Gasteiger partial charge in [-0.15, -0.1) is 0 Å². The van der Waals surface area contributed by atoms with Crippen LogP contribution >= 0.6 is 0 Å². The monoisotopic (exact) mass is 350 g/mol. The Hall–Kier alpha value is -2.31. The molecule has 1 saturated carbocycles.